The van der Waals surface area contributed by atoms with E-state index in [1.54, 1.807) is 24.3 Å². The number of hydrogen-bond donors (Lipinski definition) is 4. The van der Waals surface area contributed by atoms with Gasteiger partial charge in [0.1, 0.15) is 18.0 Å². The van der Waals surface area contributed by atoms with Gasteiger partial charge in [-0.3, -0.25) is 9.59 Å². The molecule has 0 saturated carbocycles. The Morgan fingerprint density at radius 2 is 1.95 bits per heavy atom. The lowest BCUT2D eigenvalue weighted by molar-refractivity contribution is -0.139. The number of carbonyl (C=O) groups is 2. The van der Waals surface area contributed by atoms with Gasteiger partial charge in [0.15, 0.2) is 11.5 Å². The van der Waals surface area contributed by atoms with E-state index in [0.29, 0.717) is 32.6 Å². The summed E-state index contributed by atoms with van der Waals surface area (Å²) < 4.78 is 31.2. The molecular formula is C29H36FIN2O8. The minimum absolute atomic E-state index is 0.0256. The molecule has 224 valence electrons. The summed E-state index contributed by atoms with van der Waals surface area (Å²) in [5, 5.41) is 33.0. The lowest BCUT2D eigenvalue weighted by Crippen LogP contribution is -2.55. The Bertz CT molecular complexity index is 1230. The molecule has 2 amide bonds. The van der Waals surface area contributed by atoms with Gasteiger partial charge in [-0.15, -0.1) is 0 Å². The number of aliphatic hydroxyl groups excluding tert-OH is 3. The van der Waals surface area contributed by atoms with Crippen LogP contribution in [-0.2, 0) is 27.4 Å². The molecule has 0 radical (unpaired) electrons. The number of aliphatic hydroxyl groups is 3. The maximum atomic E-state index is 13.8. The molecule has 3 rings (SSSR count). The lowest BCUT2D eigenvalue weighted by atomic mass is 9.87. The number of halogens is 2. The number of nitrogens with one attached hydrogen (secondary N) is 1. The van der Waals surface area contributed by atoms with Crippen molar-refractivity contribution in [1.29, 1.82) is 0 Å². The van der Waals surface area contributed by atoms with Gasteiger partial charge in [-0.2, -0.15) is 0 Å². The second-order valence-corrected chi connectivity index (χ2v) is 10.7. The van der Waals surface area contributed by atoms with Crippen molar-refractivity contribution in [3.05, 3.63) is 68.6 Å². The zero-order valence-corrected chi connectivity index (χ0v) is 25.2. The van der Waals surface area contributed by atoms with Gasteiger partial charge in [0.05, 0.1) is 43.0 Å². The van der Waals surface area contributed by atoms with Crippen molar-refractivity contribution in [3.63, 3.8) is 0 Å². The first-order chi connectivity index (χ1) is 19.7. The second kappa shape index (κ2) is 16.0. The van der Waals surface area contributed by atoms with Crippen LogP contribution in [0.5, 0.6) is 11.5 Å². The summed E-state index contributed by atoms with van der Waals surface area (Å²) in [7, 11) is 2.93. The SMILES string of the molecule is COCCC(=O)N(CCc1cccc(F)c1)C1CC(C(=O)NCCO)=CC(Oc2c(I)cc(CO)cc2OC)C1O. The number of methoxy groups -OCH3 is 2. The number of hydrogen-bond acceptors (Lipinski definition) is 8. The maximum absolute atomic E-state index is 13.8. The van der Waals surface area contributed by atoms with Crippen LogP contribution in [0.3, 0.4) is 0 Å². The summed E-state index contributed by atoms with van der Waals surface area (Å²) in [6, 6.07) is 8.53. The standard InChI is InChI=1S/C29H36FIN2O8/c1-39-11-7-26(36)33(9-6-18-4-3-5-21(30)12-18)23-15-20(29(38)32-8-10-34)16-24(27(23)37)41-28-22(31)13-19(17-35)14-25(28)40-2/h3-5,12-14,16,23-24,27,34-35,37H,6-11,15,17H2,1-2H3,(H,32,38). The number of ether oxygens (including phenoxy) is 3. The van der Waals surface area contributed by atoms with E-state index >= 15 is 0 Å². The minimum Gasteiger partial charge on any atom is -0.493 e. The summed E-state index contributed by atoms with van der Waals surface area (Å²) in [6.45, 7) is -0.131. The van der Waals surface area contributed by atoms with Crippen molar-refractivity contribution in [2.24, 2.45) is 0 Å². The van der Waals surface area contributed by atoms with Crippen LogP contribution in [0, 0.1) is 9.39 Å². The van der Waals surface area contributed by atoms with Crippen molar-refractivity contribution in [1.82, 2.24) is 10.2 Å². The van der Waals surface area contributed by atoms with E-state index in [1.165, 1.54) is 37.3 Å². The van der Waals surface area contributed by atoms with E-state index in [9.17, 15) is 29.3 Å². The first kappa shape index (κ1) is 32.7. The Balaban J connectivity index is 1.99. The molecule has 12 heteroatoms. The summed E-state index contributed by atoms with van der Waals surface area (Å²) in [5.41, 5.74) is 1.55. The molecular weight excluding hydrogens is 650 g/mol. The fraction of sp³-hybridized carbons (Fsp3) is 0.448. The fourth-order valence-corrected chi connectivity index (χ4v) is 5.44. The van der Waals surface area contributed by atoms with Crippen molar-refractivity contribution in [2.75, 3.05) is 40.5 Å². The smallest absolute Gasteiger partial charge is 0.247 e. The van der Waals surface area contributed by atoms with Crippen molar-refractivity contribution in [2.45, 2.75) is 44.1 Å². The average molecular weight is 687 g/mol. The van der Waals surface area contributed by atoms with Crippen LogP contribution < -0.4 is 14.8 Å². The first-order valence-corrected chi connectivity index (χ1v) is 14.2. The van der Waals surface area contributed by atoms with Gasteiger partial charge in [-0.1, -0.05) is 12.1 Å². The highest BCUT2D eigenvalue weighted by Gasteiger charge is 2.40. The molecule has 0 fully saturated rings. The molecule has 2 aromatic rings. The maximum Gasteiger partial charge on any atom is 0.247 e. The number of rotatable bonds is 14. The Hall–Kier alpha value is -2.78. The third-order valence-electron chi connectivity index (χ3n) is 6.71. The van der Waals surface area contributed by atoms with Crippen molar-refractivity contribution >= 4 is 34.4 Å². The molecule has 0 saturated heterocycles. The van der Waals surface area contributed by atoms with E-state index < -0.39 is 30.0 Å². The molecule has 41 heavy (non-hydrogen) atoms. The van der Waals surface area contributed by atoms with Gasteiger partial charge >= 0.3 is 0 Å². The van der Waals surface area contributed by atoms with Crippen LogP contribution in [0.1, 0.15) is 24.0 Å². The normalized spacial score (nSPS) is 18.4. The molecule has 4 N–H and O–H groups in total. The van der Waals surface area contributed by atoms with Gasteiger partial charge in [0.25, 0.3) is 0 Å². The van der Waals surface area contributed by atoms with Crippen LogP contribution >= 0.6 is 22.6 Å². The summed E-state index contributed by atoms with van der Waals surface area (Å²) >= 11 is 2.03. The first-order valence-electron chi connectivity index (χ1n) is 13.2. The van der Waals surface area contributed by atoms with E-state index in [4.69, 9.17) is 14.2 Å². The van der Waals surface area contributed by atoms with Crippen molar-refractivity contribution < 1.29 is 43.5 Å². The van der Waals surface area contributed by atoms with Gasteiger partial charge in [-0.25, -0.2) is 4.39 Å². The highest BCUT2D eigenvalue weighted by Crippen LogP contribution is 2.37. The molecule has 0 aliphatic heterocycles. The number of amides is 2. The predicted molar refractivity (Wildman–Crippen MR) is 157 cm³/mol. The number of benzene rings is 2. The molecule has 1 aliphatic rings. The van der Waals surface area contributed by atoms with E-state index in [0.717, 1.165) is 0 Å². The zero-order valence-electron chi connectivity index (χ0n) is 23.0. The molecule has 2 aromatic carbocycles. The largest absolute Gasteiger partial charge is 0.493 e. The third-order valence-corrected chi connectivity index (χ3v) is 7.51. The Kier molecular flexibility index (Phi) is 12.8. The van der Waals surface area contributed by atoms with E-state index in [1.807, 2.05) is 22.6 Å². The van der Waals surface area contributed by atoms with E-state index in [-0.39, 0.29) is 57.2 Å². The van der Waals surface area contributed by atoms with Gasteiger partial charge in [0, 0.05) is 32.2 Å². The van der Waals surface area contributed by atoms with E-state index in [2.05, 4.69) is 5.32 Å². The molecule has 3 unspecified atom stereocenters. The monoisotopic (exact) mass is 686 g/mol. The Labute approximate surface area is 252 Å². The molecule has 0 spiro atoms. The molecule has 1 aliphatic carbocycles. The molecule has 0 bridgehead atoms. The Morgan fingerprint density at radius 1 is 1.17 bits per heavy atom. The molecule has 0 heterocycles. The molecule has 3 atom stereocenters. The van der Waals surface area contributed by atoms with Gasteiger partial charge in [0.2, 0.25) is 11.8 Å². The fourth-order valence-electron chi connectivity index (χ4n) is 4.65. The topological polar surface area (TPSA) is 138 Å². The lowest BCUT2D eigenvalue weighted by Gasteiger charge is -2.40. The van der Waals surface area contributed by atoms with Crippen LogP contribution in [-0.4, -0.2) is 90.8 Å². The summed E-state index contributed by atoms with van der Waals surface area (Å²) in [6.07, 6.45) is -0.418. The van der Waals surface area contributed by atoms with Crippen LogP contribution in [0.15, 0.2) is 48.0 Å². The quantitative estimate of drug-likeness (QED) is 0.222. The molecule has 10 nitrogen and oxygen atoms in total. The van der Waals surface area contributed by atoms with Gasteiger partial charge in [-0.05, 0) is 70.5 Å². The van der Waals surface area contributed by atoms with Gasteiger partial charge < -0.3 is 39.7 Å². The second-order valence-electron chi connectivity index (χ2n) is 9.49. The number of carbonyl (C=O) groups excluding carboxylic acids is 2. The van der Waals surface area contributed by atoms with Crippen LogP contribution in [0.4, 0.5) is 4.39 Å². The van der Waals surface area contributed by atoms with Crippen molar-refractivity contribution in [3.8, 4) is 11.5 Å². The van der Waals surface area contributed by atoms with Crippen LogP contribution in [0.2, 0.25) is 0 Å². The molecule has 0 aromatic heterocycles. The Morgan fingerprint density at radius 3 is 2.61 bits per heavy atom. The highest BCUT2D eigenvalue weighted by molar-refractivity contribution is 14.1. The van der Waals surface area contributed by atoms with Crippen LogP contribution in [0.25, 0.3) is 0 Å². The predicted octanol–water partition coefficient (Wildman–Crippen LogP) is 1.95. The zero-order chi connectivity index (χ0) is 29.9. The summed E-state index contributed by atoms with van der Waals surface area (Å²) in [5.74, 6) is -0.529. The number of nitrogens with zero attached hydrogens (tertiary/aromatic N) is 1. The minimum atomic E-state index is -1.25. The third kappa shape index (κ3) is 8.85. The summed E-state index contributed by atoms with van der Waals surface area (Å²) in [4.78, 5) is 27.9. The highest BCUT2D eigenvalue weighted by atomic mass is 127. The average Bonchev–Trinajstić information content (AvgIpc) is 2.97.